The van der Waals surface area contributed by atoms with Crippen LogP contribution < -0.4 is 0 Å². The van der Waals surface area contributed by atoms with Crippen molar-refractivity contribution in [3.8, 4) is 0 Å². The SMILES string of the molecule is CN1C(=O)C(C(c2ccc(C(F)(F)F)cc2)C2C(=O)N(C)C(=S)N(C)C2=O)C(=O)N(C)C1=S. The minimum absolute atomic E-state index is 0.0469. The number of rotatable bonds is 3. The fraction of sp³-hybridized carbons (Fsp3) is 0.400. The number of nitrogens with zero attached hydrogens (tertiary/aromatic N) is 4. The van der Waals surface area contributed by atoms with Gasteiger partial charge in [0.15, 0.2) is 10.2 Å². The van der Waals surface area contributed by atoms with Gasteiger partial charge in [-0.05, 0) is 42.1 Å². The molecule has 1 aromatic rings. The van der Waals surface area contributed by atoms with E-state index in [-0.39, 0.29) is 15.8 Å². The van der Waals surface area contributed by atoms with Gasteiger partial charge in [0.05, 0.1) is 5.56 Å². The molecule has 0 radical (unpaired) electrons. The number of carbonyl (C=O) groups is 4. The van der Waals surface area contributed by atoms with E-state index in [1.165, 1.54) is 28.2 Å². The number of alkyl halides is 3. The Morgan fingerprint density at radius 2 is 1.00 bits per heavy atom. The quantitative estimate of drug-likeness (QED) is 0.462. The van der Waals surface area contributed by atoms with Crippen LogP contribution in [0.2, 0.25) is 0 Å². The molecule has 0 unspecified atom stereocenters. The maximum Gasteiger partial charge on any atom is 0.416 e. The van der Waals surface area contributed by atoms with Gasteiger partial charge in [0.1, 0.15) is 11.8 Å². The second-order valence-corrected chi connectivity index (χ2v) is 8.49. The summed E-state index contributed by atoms with van der Waals surface area (Å²) in [5.41, 5.74) is -0.913. The number of thiocarbonyl (C=S) groups is 2. The third-order valence-corrected chi connectivity index (χ3v) is 6.97. The summed E-state index contributed by atoms with van der Waals surface area (Å²) in [7, 11) is 5.34. The van der Waals surface area contributed by atoms with Gasteiger partial charge in [-0.3, -0.25) is 38.8 Å². The van der Waals surface area contributed by atoms with E-state index in [4.69, 9.17) is 24.4 Å². The van der Waals surface area contributed by atoms with Crippen molar-refractivity contribution in [2.75, 3.05) is 28.2 Å². The van der Waals surface area contributed by atoms with Crippen molar-refractivity contribution in [2.24, 2.45) is 11.8 Å². The molecule has 0 bridgehead atoms. The number of amides is 4. The Labute approximate surface area is 197 Å². The van der Waals surface area contributed by atoms with Crippen LogP contribution in [0, 0.1) is 11.8 Å². The first-order valence-corrected chi connectivity index (χ1v) is 10.4. The van der Waals surface area contributed by atoms with Crippen LogP contribution in [0.3, 0.4) is 0 Å². The molecule has 4 amide bonds. The zero-order valence-electron chi connectivity index (χ0n) is 17.9. The third-order valence-electron chi connectivity index (χ3n) is 5.88. The summed E-state index contributed by atoms with van der Waals surface area (Å²) in [5.74, 6) is -7.63. The molecule has 2 saturated heterocycles. The second kappa shape index (κ2) is 8.45. The number of hydrogen-bond donors (Lipinski definition) is 0. The summed E-state index contributed by atoms with van der Waals surface area (Å²) >= 11 is 10.2. The lowest BCUT2D eigenvalue weighted by atomic mass is 9.73. The number of hydrogen-bond acceptors (Lipinski definition) is 6. The van der Waals surface area contributed by atoms with Gasteiger partial charge in [-0.25, -0.2) is 0 Å². The number of halogens is 3. The van der Waals surface area contributed by atoms with E-state index in [0.717, 1.165) is 43.9 Å². The smallest absolute Gasteiger partial charge is 0.291 e. The minimum Gasteiger partial charge on any atom is -0.291 e. The van der Waals surface area contributed by atoms with Crippen LogP contribution in [0.25, 0.3) is 0 Å². The molecule has 0 aromatic heterocycles. The molecule has 3 rings (SSSR count). The van der Waals surface area contributed by atoms with E-state index >= 15 is 0 Å². The van der Waals surface area contributed by atoms with Crippen LogP contribution in [0.15, 0.2) is 24.3 Å². The molecule has 13 heteroatoms. The Bertz CT molecular complexity index is 972. The summed E-state index contributed by atoms with van der Waals surface area (Å²) in [6.45, 7) is 0. The van der Waals surface area contributed by atoms with Gasteiger partial charge in [0, 0.05) is 34.1 Å². The fourth-order valence-corrected chi connectivity index (χ4v) is 4.32. The first-order valence-electron chi connectivity index (χ1n) is 9.55. The number of carbonyl (C=O) groups excluding carboxylic acids is 4. The number of benzene rings is 1. The molecule has 0 atom stereocenters. The van der Waals surface area contributed by atoms with Crippen LogP contribution in [-0.2, 0) is 25.4 Å². The minimum atomic E-state index is -4.62. The standard InChI is InChI=1S/C20H19F3N4O4S2/c1-24-14(28)12(15(29)25(2)18(24)32)11(9-5-7-10(8-6-9)20(21,22)23)13-16(30)26(3)19(33)27(4)17(13)31/h5-8,11-13H,1-4H3. The van der Waals surface area contributed by atoms with Crippen LogP contribution in [-0.4, -0.2) is 81.6 Å². The lowest BCUT2D eigenvalue weighted by Gasteiger charge is -2.43. The summed E-state index contributed by atoms with van der Waals surface area (Å²) < 4.78 is 39.3. The topological polar surface area (TPSA) is 81.2 Å². The Balaban J connectivity index is 2.21. The van der Waals surface area contributed by atoms with E-state index in [2.05, 4.69) is 0 Å². The highest BCUT2D eigenvalue weighted by molar-refractivity contribution is 7.80. The first kappa shape index (κ1) is 24.7. The predicted octanol–water partition coefficient (Wildman–Crippen LogP) is 1.45. The highest BCUT2D eigenvalue weighted by atomic mass is 32.1. The van der Waals surface area contributed by atoms with Gasteiger partial charge < -0.3 is 0 Å². The molecule has 2 fully saturated rings. The zero-order chi connectivity index (χ0) is 25.0. The predicted molar refractivity (Wildman–Crippen MR) is 117 cm³/mol. The average Bonchev–Trinajstić information content (AvgIpc) is 2.77. The molecule has 0 N–H and O–H groups in total. The maximum absolute atomic E-state index is 13.2. The second-order valence-electron chi connectivity index (χ2n) is 7.76. The van der Waals surface area contributed by atoms with Gasteiger partial charge in [0.25, 0.3) is 0 Å². The summed E-state index contributed by atoms with van der Waals surface area (Å²) in [6.07, 6.45) is -4.62. The normalized spacial score (nSPS) is 19.5. The van der Waals surface area contributed by atoms with Crippen molar-refractivity contribution in [1.29, 1.82) is 0 Å². The van der Waals surface area contributed by atoms with Crippen molar-refractivity contribution in [3.05, 3.63) is 35.4 Å². The molecule has 2 aliphatic heterocycles. The summed E-state index contributed by atoms with van der Waals surface area (Å²) in [6, 6.07) is 3.67. The van der Waals surface area contributed by atoms with Gasteiger partial charge in [0.2, 0.25) is 23.6 Å². The van der Waals surface area contributed by atoms with E-state index in [1.54, 1.807) is 0 Å². The van der Waals surface area contributed by atoms with Crippen LogP contribution in [0.4, 0.5) is 13.2 Å². The van der Waals surface area contributed by atoms with Crippen LogP contribution in [0.1, 0.15) is 17.0 Å². The first-order chi connectivity index (χ1) is 15.2. The Kier molecular flexibility index (Phi) is 6.33. The molecule has 0 saturated carbocycles. The van der Waals surface area contributed by atoms with E-state index in [9.17, 15) is 32.3 Å². The van der Waals surface area contributed by atoms with E-state index in [0.29, 0.717) is 0 Å². The Morgan fingerprint density at radius 1 is 0.697 bits per heavy atom. The maximum atomic E-state index is 13.2. The van der Waals surface area contributed by atoms with Crippen molar-refractivity contribution < 1.29 is 32.3 Å². The van der Waals surface area contributed by atoms with Gasteiger partial charge >= 0.3 is 6.18 Å². The highest BCUT2D eigenvalue weighted by Crippen LogP contribution is 2.41. The van der Waals surface area contributed by atoms with Gasteiger partial charge in [-0.15, -0.1) is 0 Å². The van der Waals surface area contributed by atoms with Crippen molar-refractivity contribution in [1.82, 2.24) is 19.6 Å². The summed E-state index contributed by atoms with van der Waals surface area (Å²) in [5, 5.41) is -0.159. The van der Waals surface area contributed by atoms with Gasteiger partial charge in [-0.2, -0.15) is 13.2 Å². The molecule has 33 heavy (non-hydrogen) atoms. The Morgan fingerprint density at radius 3 is 1.27 bits per heavy atom. The molecular weight excluding hydrogens is 481 g/mol. The van der Waals surface area contributed by atoms with E-state index in [1.807, 2.05) is 0 Å². The average molecular weight is 501 g/mol. The lowest BCUT2D eigenvalue weighted by Crippen LogP contribution is -2.63. The molecule has 176 valence electrons. The van der Waals surface area contributed by atoms with Crippen LogP contribution >= 0.6 is 24.4 Å². The van der Waals surface area contributed by atoms with Crippen molar-refractivity contribution >= 4 is 58.3 Å². The molecule has 8 nitrogen and oxygen atoms in total. The molecule has 2 heterocycles. The molecule has 0 spiro atoms. The highest BCUT2D eigenvalue weighted by Gasteiger charge is 2.54. The van der Waals surface area contributed by atoms with Crippen molar-refractivity contribution in [3.63, 3.8) is 0 Å². The van der Waals surface area contributed by atoms with Crippen molar-refractivity contribution in [2.45, 2.75) is 12.1 Å². The monoisotopic (exact) mass is 500 g/mol. The van der Waals surface area contributed by atoms with E-state index < -0.39 is 53.1 Å². The van der Waals surface area contributed by atoms with Gasteiger partial charge in [-0.1, -0.05) is 12.1 Å². The molecule has 2 aliphatic rings. The van der Waals surface area contributed by atoms with Crippen LogP contribution in [0.5, 0.6) is 0 Å². The Hall–Kier alpha value is -2.93. The molecule has 1 aromatic carbocycles. The lowest BCUT2D eigenvalue weighted by molar-refractivity contribution is -0.152. The fourth-order valence-electron chi connectivity index (χ4n) is 3.96. The third kappa shape index (κ3) is 3.99. The largest absolute Gasteiger partial charge is 0.416 e. The molecule has 0 aliphatic carbocycles. The zero-order valence-corrected chi connectivity index (χ0v) is 19.5. The summed E-state index contributed by atoms with van der Waals surface area (Å²) in [4.78, 5) is 56.7. The molecular formula is C20H19F3N4O4S2.